The summed E-state index contributed by atoms with van der Waals surface area (Å²) in [6, 6.07) is 27.2. The molecule has 2 nitrogen and oxygen atoms in total. The van der Waals surface area contributed by atoms with Crippen molar-refractivity contribution in [2.24, 2.45) is 0 Å². The number of fused-ring (bicyclic) bond motifs is 8. The van der Waals surface area contributed by atoms with Gasteiger partial charge in [0.25, 0.3) is 0 Å². The summed E-state index contributed by atoms with van der Waals surface area (Å²) in [7, 11) is 0. The van der Waals surface area contributed by atoms with Crippen molar-refractivity contribution < 1.29 is 8.83 Å². The van der Waals surface area contributed by atoms with Gasteiger partial charge >= 0.3 is 0 Å². The quantitative estimate of drug-likeness (QED) is 0.140. The van der Waals surface area contributed by atoms with Crippen LogP contribution in [0.4, 0.5) is 0 Å². The van der Waals surface area contributed by atoms with Gasteiger partial charge in [0.1, 0.15) is 22.3 Å². The first-order valence-electron chi connectivity index (χ1n) is 16.4. The Labute approximate surface area is 248 Å². The highest BCUT2D eigenvalue weighted by molar-refractivity contribution is 6.18. The molecule has 2 heterocycles. The van der Waals surface area contributed by atoms with Crippen LogP contribution in [-0.4, -0.2) is 0 Å². The van der Waals surface area contributed by atoms with Crippen LogP contribution in [-0.2, 0) is 12.8 Å². The summed E-state index contributed by atoms with van der Waals surface area (Å²) >= 11 is 0. The third kappa shape index (κ3) is 5.28. The number of rotatable bonds is 12. The van der Waals surface area contributed by atoms with Gasteiger partial charge in [0.15, 0.2) is 0 Å². The molecule has 2 aromatic heterocycles. The van der Waals surface area contributed by atoms with Crippen LogP contribution in [0.25, 0.3) is 65.4 Å². The van der Waals surface area contributed by atoms with Crippen LogP contribution in [0.2, 0.25) is 0 Å². The molecule has 0 radical (unpaired) electrons. The van der Waals surface area contributed by atoms with E-state index in [4.69, 9.17) is 8.83 Å². The predicted octanol–water partition coefficient (Wildman–Crippen LogP) is 12.8. The molecule has 7 aromatic rings. The number of furan rings is 2. The number of hydrogen-bond acceptors (Lipinski definition) is 2. The lowest BCUT2D eigenvalue weighted by Gasteiger charge is -2.04. The monoisotopic (exact) mass is 554 g/mol. The number of aryl methyl sites for hydroxylation is 2. The second kappa shape index (κ2) is 11.8. The molecule has 5 aromatic carbocycles. The molecule has 0 fully saturated rings. The first-order chi connectivity index (χ1) is 20.7. The molecule has 0 aliphatic rings. The van der Waals surface area contributed by atoms with E-state index in [9.17, 15) is 0 Å². The first-order valence-corrected chi connectivity index (χ1v) is 16.4. The zero-order valence-corrected chi connectivity index (χ0v) is 25.2. The Morgan fingerprint density at radius 2 is 0.786 bits per heavy atom. The van der Waals surface area contributed by atoms with Gasteiger partial charge in [0.05, 0.1) is 0 Å². The predicted molar refractivity (Wildman–Crippen MR) is 181 cm³/mol. The zero-order chi connectivity index (χ0) is 28.5. The Balaban J connectivity index is 1.20. The fraction of sp³-hybridized carbons (Fsp3) is 0.350. The van der Waals surface area contributed by atoms with Crippen molar-refractivity contribution in [3.63, 3.8) is 0 Å². The van der Waals surface area contributed by atoms with E-state index in [1.165, 1.54) is 96.9 Å². The van der Waals surface area contributed by atoms with E-state index in [-0.39, 0.29) is 0 Å². The van der Waals surface area contributed by atoms with Gasteiger partial charge in [-0.05, 0) is 94.8 Å². The standard InChI is InChI=1S/C40H42O2/c1-3-5-7-9-11-13-27-15-17-29-21-33-35-25-40-36(26-39(35)41-37(33)23-31(29)19-27)34-22-30-18-16-28(14-12-10-8-6-4-2)20-32(30)24-38(34)42-40/h15-26H,3-14H2,1-2H3. The van der Waals surface area contributed by atoms with Gasteiger partial charge in [-0.3, -0.25) is 0 Å². The van der Waals surface area contributed by atoms with E-state index in [0.29, 0.717) is 0 Å². The molecule has 0 spiro atoms. The fourth-order valence-corrected chi connectivity index (χ4v) is 6.81. The Kier molecular flexibility index (Phi) is 7.63. The summed E-state index contributed by atoms with van der Waals surface area (Å²) in [6.07, 6.45) is 15.4. The average molecular weight is 555 g/mol. The number of hydrogen-bond donors (Lipinski definition) is 0. The van der Waals surface area contributed by atoms with Gasteiger partial charge in [-0.25, -0.2) is 0 Å². The van der Waals surface area contributed by atoms with E-state index in [0.717, 1.165) is 56.7 Å². The van der Waals surface area contributed by atoms with Gasteiger partial charge in [-0.1, -0.05) is 102 Å². The van der Waals surface area contributed by atoms with Crippen molar-refractivity contribution in [3.8, 4) is 0 Å². The maximum Gasteiger partial charge on any atom is 0.136 e. The van der Waals surface area contributed by atoms with E-state index in [1.54, 1.807) is 0 Å². The van der Waals surface area contributed by atoms with Crippen LogP contribution in [0, 0.1) is 0 Å². The van der Waals surface area contributed by atoms with Crippen LogP contribution in [0.3, 0.4) is 0 Å². The molecule has 0 amide bonds. The molecular weight excluding hydrogens is 512 g/mol. The summed E-state index contributed by atoms with van der Waals surface area (Å²) in [5, 5.41) is 9.58. The largest absolute Gasteiger partial charge is 0.456 e. The minimum absolute atomic E-state index is 0.921. The lowest BCUT2D eigenvalue weighted by Crippen LogP contribution is -1.86. The molecule has 0 N–H and O–H groups in total. The lowest BCUT2D eigenvalue weighted by atomic mass is 9.99. The highest BCUT2D eigenvalue weighted by Crippen LogP contribution is 2.39. The molecular formula is C40H42O2. The van der Waals surface area contributed by atoms with Crippen molar-refractivity contribution in [1.82, 2.24) is 0 Å². The van der Waals surface area contributed by atoms with Crippen molar-refractivity contribution >= 4 is 65.4 Å². The molecule has 0 aliphatic heterocycles. The van der Waals surface area contributed by atoms with Crippen molar-refractivity contribution in [1.29, 1.82) is 0 Å². The van der Waals surface area contributed by atoms with Crippen molar-refractivity contribution in [2.75, 3.05) is 0 Å². The molecule has 0 aliphatic carbocycles. The summed E-state index contributed by atoms with van der Waals surface area (Å²) in [4.78, 5) is 0. The zero-order valence-electron chi connectivity index (χ0n) is 25.2. The molecule has 2 heteroatoms. The third-order valence-corrected chi connectivity index (χ3v) is 9.25. The first kappa shape index (κ1) is 27.1. The van der Waals surface area contributed by atoms with Crippen LogP contribution < -0.4 is 0 Å². The smallest absolute Gasteiger partial charge is 0.136 e. The third-order valence-electron chi connectivity index (χ3n) is 9.25. The summed E-state index contributed by atoms with van der Waals surface area (Å²) < 4.78 is 13.0. The molecule has 0 unspecified atom stereocenters. The van der Waals surface area contributed by atoms with E-state index in [1.807, 2.05) is 0 Å². The minimum Gasteiger partial charge on any atom is -0.456 e. The maximum atomic E-state index is 6.48. The van der Waals surface area contributed by atoms with E-state index in [2.05, 4.69) is 86.6 Å². The van der Waals surface area contributed by atoms with Gasteiger partial charge in [-0.2, -0.15) is 0 Å². The number of unbranched alkanes of at least 4 members (excludes halogenated alkanes) is 8. The topological polar surface area (TPSA) is 26.3 Å². The Morgan fingerprint density at radius 1 is 0.381 bits per heavy atom. The molecule has 0 saturated carbocycles. The van der Waals surface area contributed by atoms with Crippen LogP contribution in [0.15, 0.2) is 81.6 Å². The maximum absolute atomic E-state index is 6.48. The molecule has 42 heavy (non-hydrogen) atoms. The summed E-state index contributed by atoms with van der Waals surface area (Å²) in [5.41, 5.74) is 6.58. The van der Waals surface area contributed by atoms with Crippen molar-refractivity contribution in [2.45, 2.75) is 90.9 Å². The number of benzene rings is 5. The summed E-state index contributed by atoms with van der Waals surface area (Å²) in [5.74, 6) is 0. The molecule has 0 saturated heterocycles. The van der Waals surface area contributed by atoms with Crippen LogP contribution in [0.1, 0.15) is 89.2 Å². The van der Waals surface area contributed by atoms with Gasteiger partial charge in [0.2, 0.25) is 0 Å². The molecule has 0 atom stereocenters. The molecule has 0 bridgehead atoms. The van der Waals surface area contributed by atoms with E-state index >= 15 is 0 Å². The van der Waals surface area contributed by atoms with Gasteiger partial charge in [-0.15, -0.1) is 0 Å². The van der Waals surface area contributed by atoms with Gasteiger partial charge in [0, 0.05) is 21.5 Å². The highest BCUT2D eigenvalue weighted by atomic mass is 16.3. The van der Waals surface area contributed by atoms with Gasteiger partial charge < -0.3 is 8.83 Å². The van der Waals surface area contributed by atoms with E-state index < -0.39 is 0 Å². The summed E-state index contributed by atoms with van der Waals surface area (Å²) in [6.45, 7) is 4.55. The van der Waals surface area contributed by atoms with Crippen LogP contribution >= 0.6 is 0 Å². The Bertz CT molecular complexity index is 1870. The van der Waals surface area contributed by atoms with Crippen LogP contribution in [0.5, 0.6) is 0 Å². The van der Waals surface area contributed by atoms with Crippen molar-refractivity contribution in [3.05, 3.63) is 83.9 Å². The normalized spacial score (nSPS) is 12.2. The molecule has 214 valence electrons. The SMILES string of the molecule is CCCCCCCc1ccc2cc3c(cc2c1)oc1cc2c(cc13)oc1cc3cc(CCCCCCC)ccc3cc12. The second-order valence-corrected chi connectivity index (χ2v) is 12.4. The Hall–Kier alpha value is -3.78. The fourth-order valence-electron chi connectivity index (χ4n) is 6.81. The Morgan fingerprint density at radius 3 is 1.24 bits per heavy atom. The highest BCUT2D eigenvalue weighted by Gasteiger charge is 2.15. The second-order valence-electron chi connectivity index (χ2n) is 12.4. The average Bonchev–Trinajstić information content (AvgIpc) is 3.53. The minimum atomic E-state index is 0.921. The molecule has 7 rings (SSSR count). The lowest BCUT2D eigenvalue weighted by molar-refractivity contribution is 0.632.